The van der Waals surface area contributed by atoms with Crippen LogP contribution in [0.2, 0.25) is 0 Å². The fourth-order valence-corrected chi connectivity index (χ4v) is 3.44. The highest BCUT2D eigenvalue weighted by atomic mass is 127. The summed E-state index contributed by atoms with van der Waals surface area (Å²) in [6.45, 7) is 6.75. The molecule has 3 aromatic carbocycles. The molecule has 3 rings (SSSR count). The smallest absolute Gasteiger partial charge is 0.266 e. The van der Waals surface area contributed by atoms with E-state index < -0.39 is 5.91 Å². The Morgan fingerprint density at radius 1 is 1.00 bits per heavy atom. The number of nitrogens with one attached hydrogen (secondary N) is 1. The molecule has 1 amide bonds. The molecule has 0 fully saturated rings. The van der Waals surface area contributed by atoms with Gasteiger partial charge in [0.1, 0.15) is 18.2 Å². The number of ether oxygens (including phenoxy) is 2. The molecule has 0 aliphatic rings. The third-order valence-corrected chi connectivity index (χ3v) is 5.74. The van der Waals surface area contributed by atoms with E-state index in [9.17, 15) is 10.1 Å². The first-order valence-corrected chi connectivity index (χ1v) is 11.6. The van der Waals surface area contributed by atoms with Crippen LogP contribution < -0.4 is 14.8 Å². The van der Waals surface area contributed by atoms with Gasteiger partial charge < -0.3 is 14.8 Å². The van der Waals surface area contributed by atoms with Crippen LogP contribution in [-0.4, -0.2) is 12.5 Å². The molecule has 0 bridgehead atoms. The van der Waals surface area contributed by atoms with E-state index >= 15 is 0 Å². The lowest BCUT2D eigenvalue weighted by Gasteiger charge is -2.13. The summed E-state index contributed by atoms with van der Waals surface area (Å²) in [5, 5.41) is 12.3. The summed E-state index contributed by atoms with van der Waals surface area (Å²) in [4.78, 5) is 12.6. The molecule has 33 heavy (non-hydrogen) atoms. The number of carbonyl (C=O) groups is 1. The molecule has 3 aromatic rings. The van der Waals surface area contributed by atoms with Gasteiger partial charge in [-0.3, -0.25) is 4.79 Å². The second kappa shape index (κ2) is 11.5. The molecular formula is C27H25IN2O3. The zero-order chi connectivity index (χ0) is 23.8. The van der Waals surface area contributed by atoms with Crippen molar-refractivity contribution in [3.8, 4) is 17.6 Å². The number of hydrogen-bond donors (Lipinski definition) is 1. The minimum absolute atomic E-state index is 0.00299. The molecule has 0 aliphatic heterocycles. The van der Waals surface area contributed by atoms with Crippen LogP contribution in [0.15, 0.2) is 66.2 Å². The van der Waals surface area contributed by atoms with Crippen molar-refractivity contribution in [3.05, 3.63) is 92.1 Å². The summed E-state index contributed by atoms with van der Waals surface area (Å²) < 4.78 is 12.9. The van der Waals surface area contributed by atoms with E-state index in [-0.39, 0.29) is 5.57 Å². The highest BCUT2D eigenvalue weighted by Crippen LogP contribution is 2.30. The van der Waals surface area contributed by atoms with Gasteiger partial charge in [-0.25, -0.2) is 0 Å². The number of carbonyl (C=O) groups excluding carboxylic acids is 1. The molecule has 6 heteroatoms. The molecule has 0 saturated carbocycles. The first kappa shape index (κ1) is 24.3. The molecule has 0 radical (unpaired) electrons. The maximum Gasteiger partial charge on any atom is 0.266 e. The Labute approximate surface area is 208 Å². The first-order chi connectivity index (χ1) is 15.9. The fraction of sp³-hybridized carbons (Fsp3) is 0.185. The molecule has 5 nitrogen and oxygen atoms in total. The molecule has 1 N–H and O–H groups in total. The highest BCUT2D eigenvalue weighted by molar-refractivity contribution is 14.1. The van der Waals surface area contributed by atoms with Crippen LogP contribution in [-0.2, 0) is 11.4 Å². The lowest BCUT2D eigenvalue weighted by molar-refractivity contribution is -0.112. The average Bonchev–Trinajstić information content (AvgIpc) is 2.80. The van der Waals surface area contributed by atoms with E-state index in [0.717, 1.165) is 20.3 Å². The van der Waals surface area contributed by atoms with Crippen LogP contribution >= 0.6 is 22.6 Å². The van der Waals surface area contributed by atoms with Crippen LogP contribution in [0.4, 0.5) is 5.69 Å². The molecule has 0 spiro atoms. The average molecular weight is 552 g/mol. The van der Waals surface area contributed by atoms with Crippen molar-refractivity contribution in [1.29, 1.82) is 5.26 Å². The maximum absolute atomic E-state index is 12.6. The Balaban J connectivity index is 1.77. The molecular weight excluding hydrogens is 527 g/mol. The lowest BCUT2D eigenvalue weighted by atomic mass is 10.1. The fourth-order valence-electron chi connectivity index (χ4n) is 3.08. The molecule has 0 unspecified atom stereocenters. The Bertz CT molecular complexity index is 1210. The van der Waals surface area contributed by atoms with Gasteiger partial charge in [-0.1, -0.05) is 24.3 Å². The van der Waals surface area contributed by atoms with Crippen molar-refractivity contribution in [2.75, 3.05) is 11.9 Å². The van der Waals surface area contributed by atoms with Crippen molar-refractivity contribution in [2.24, 2.45) is 0 Å². The highest BCUT2D eigenvalue weighted by Gasteiger charge is 2.12. The molecule has 168 valence electrons. The number of hydrogen-bond acceptors (Lipinski definition) is 4. The van der Waals surface area contributed by atoms with Gasteiger partial charge in [0.15, 0.2) is 11.5 Å². The SMILES string of the molecule is CCOc1cc(/C=C(\C#N)C(=O)Nc2ccc(C)c(C)c2)ccc1OCc1ccc(I)cc1. The summed E-state index contributed by atoms with van der Waals surface area (Å²) in [6.07, 6.45) is 1.54. The van der Waals surface area contributed by atoms with E-state index in [2.05, 4.69) is 27.9 Å². The van der Waals surface area contributed by atoms with Crippen molar-refractivity contribution >= 4 is 40.3 Å². The standard InChI is InChI=1S/C27H25IN2O3/c1-4-32-26-15-21(8-12-25(26)33-17-20-6-9-23(28)10-7-20)14-22(16-29)27(31)30-24-11-5-18(2)19(3)13-24/h5-15H,4,17H2,1-3H3,(H,30,31)/b22-14+. The van der Waals surface area contributed by atoms with E-state index in [1.807, 2.05) is 69.3 Å². The maximum atomic E-state index is 12.6. The second-order valence-corrected chi connectivity index (χ2v) is 8.72. The number of nitriles is 1. The van der Waals surface area contributed by atoms with Crippen LogP contribution in [0.3, 0.4) is 0 Å². The van der Waals surface area contributed by atoms with Crippen molar-refractivity contribution < 1.29 is 14.3 Å². The number of halogens is 1. The van der Waals surface area contributed by atoms with Gasteiger partial charge in [0.25, 0.3) is 5.91 Å². The number of rotatable bonds is 8. The van der Waals surface area contributed by atoms with Crippen LogP contribution in [0.25, 0.3) is 6.08 Å². The quantitative estimate of drug-likeness (QED) is 0.199. The third-order valence-electron chi connectivity index (χ3n) is 5.02. The molecule has 0 heterocycles. The number of amides is 1. The predicted octanol–water partition coefficient (Wildman–Crippen LogP) is 6.43. The minimum atomic E-state index is -0.460. The number of aryl methyl sites for hydroxylation is 2. The Kier molecular flexibility index (Phi) is 8.50. The zero-order valence-electron chi connectivity index (χ0n) is 18.8. The first-order valence-electron chi connectivity index (χ1n) is 10.5. The van der Waals surface area contributed by atoms with Crippen LogP contribution in [0.5, 0.6) is 11.5 Å². The molecule has 0 aromatic heterocycles. The lowest BCUT2D eigenvalue weighted by Crippen LogP contribution is -2.13. The van der Waals surface area contributed by atoms with Gasteiger partial charge in [-0.05, 0) is 108 Å². The Morgan fingerprint density at radius 3 is 2.42 bits per heavy atom. The van der Waals surface area contributed by atoms with E-state index in [4.69, 9.17) is 9.47 Å². The van der Waals surface area contributed by atoms with Gasteiger partial charge in [0.2, 0.25) is 0 Å². The summed E-state index contributed by atoms with van der Waals surface area (Å²) in [5.41, 5.74) is 4.58. The van der Waals surface area contributed by atoms with Gasteiger partial charge in [-0.2, -0.15) is 5.26 Å². The van der Waals surface area contributed by atoms with Gasteiger partial charge >= 0.3 is 0 Å². The second-order valence-electron chi connectivity index (χ2n) is 7.48. The molecule has 0 atom stereocenters. The largest absolute Gasteiger partial charge is 0.490 e. The summed E-state index contributed by atoms with van der Waals surface area (Å²) >= 11 is 2.26. The monoisotopic (exact) mass is 552 g/mol. The summed E-state index contributed by atoms with van der Waals surface area (Å²) in [7, 11) is 0. The number of anilines is 1. The Morgan fingerprint density at radius 2 is 1.76 bits per heavy atom. The summed E-state index contributed by atoms with van der Waals surface area (Å²) in [6, 6.07) is 21.1. The third kappa shape index (κ3) is 6.83. The normalized spacial score (nSPS) is 10.9. The topological polar surface area (TPSA) is 71.3 Å². The van der Waals surface area contributed by atoms with E-state index in [1.165, 1.54) is 0 Å². The zero-order valence-corrected chi connectivity index (χ0v) is 21.0. The summed E-state index contributed by atoms with van der Waals surface area (Å²) in [5.74, 6) is 0.701. The Hall–Kier alpha value is -3.31. The number of benzene rings is 3. The van der Waals surface area contributed by atoms with Gasteiger partial charge in [-0.15, -0.1) is 0 Å². The van der Waals surface area contributed by atoms with Gasteiger partial charge in [0.05, 0.1) is 6.61 Å². The van der Waals surface area contributed by atoms with Crippen molar-refractivity contribution in [1.82, 2.24) is 0 Å². The van der Waals surface area contributed by atoms with Crippen LogP contribution in [0, 0.1) is 28.7 Å². The van der Waals surface area contributed by atoms with E-state index in [1.54, 1.807) is 24.3 Å². The number of nitrogens with zero attached hydrogens (tertiary/aromatic N) is 1. The predicted molar refractivity (Wildman–Crippen MR) is 139 cm³/mol. The molecule has 0 aliphatic carbocycles. The van der Waals surface area contributed by atoms with Crippen LogP contribution in [0.1, 0.15) is 29.2 Å². The molecule has 0 saturated heterocycles. The van der Waals surface area contributed by atoms with Crippen molar-refractivity contribution in [2.45, 2.75) is 27.4 Å². The minimum Gasteiger partial charge on any atom is -0.490 e. The van der Waals surface area contributed by atoms with E-state index in [0.29, 0.717) is 36.0 Å². The van der Waals surface area contributed by atoms with Crippen molar-refractivity contribution in [3.63, 3.8) is 0 Å². The van der Waals surface area contributed by atoms with Gasteiger partial charge in [0, 0.05) is 9.26 Å².